The van der Waals surface area contributed by atoms with Crippen molar-refractivity contribution in [1.82, 2.24) is 5.32 Å². The third-order valence-electron chi connectivity index (χ3n) is 3.76. The fourth-order valence-electron chi connectivity index (χ4n) is 2.70. The molecule has 1 N–H and O–H groups in total. The average Bonchev–Trinajstić information content (AvgIpc) is 2.72. The second kappa shape index (κ2) is 6.95. The zero-order valence-corrected chi connectivity index (χ0v) is 11.6. The Morgan fingerprint density at radius 3 is 2.83 bits per heavy atom. The summed E-state index contributed by atoms with van der Waals surface area (Å²) in [5, 5.41) is 3.15. The van der Waals surface area contributed by atoms with Gasteiger partial charge in [0.15, 0.2) is 0 Å². The molecule has 0 unspecified atom stereocenters. The Kier molecular flexibility index (Phi) is 5.26. The van der Waals surface area contributed by atoms with E-state index in [9.17, 15) is 0 Å². The summed E-state index contributed by atoms with van der Waals surface area (Å²) in [6.45, 7) is 4.37. The van der Waals surface area contributed by atoms with Gasteiger partial charge in [-0.25, -0.2) is 0 Å². The monoisotopic (exact) mass is 251 g/mol. The van der Waals surface area contributed by atoms with Gasteiger partial charge >= 0.3 is 0 Å². The van der Waals surface area contributed by atoms with Gasteiger partial charge in [0, 0.05) is 18.7 Å². The molecule has 2 rings (SSSR count). The van der Waals surface area contributed by atoms with Crippen molar-refractivity contribution in [2.45, 2.75) is 52.2 Å². The van der Waals surface area contributed by atoms with Crippen molar-refractivity contribution < 1.29 is 9.15 Å². The maximum absolute atomic E-state index is 5.79. The van der Waals surface area contributed by atoms with Crippen LogP contribution in [0.25, 0.3) is 0 Å². The van der Waals surface area contributed by atoms with Gasteiger partial charge in [-0.1, -0.05) is 19.3 Å². The normalized spacial score (nSPS) is 17.2. The molecule has 0 bridgehead atoms. The van der Waals surface area contributed by atoms with E-state index in [4.69, 9.17) is 9.15 Å². The predicted octanol–water partition coefficient (Wildman–Crippen LogP) is 3.40. The summed E-state index contributed by atoms with van der Waals surface area (Å²) in [6.07, 6.45) is 6.83. The second-order valence-electron chi connectivity index (χ2n) is 5.34. The van der Waals surface area contributed by atoms with Crippen LogP contribution in [0.3, 0.4) is 0 Å². The molecule has 1 saturated carbocycles. The summed E-state index contributed by atoms with van der Waals surface area (Å²) in [7, 11) is 1.95. The highest BCUT2D eigenvalue weighted by Crippen LogP contribution is 2.24. The largest absolute Gasteiger partial charge is 0.464 e. The highest BCUT2D eigenvalue weighted by Gasteiger charge is 2.14. The predicted molar refractivity (Wildman–Crippen MR) is 72.4 cm³/mol. The van der Waals surface area contributed by atoms with Gasteiger partial charge in [-0.15, -0.1) is 0 Å². The molecule has 0 saturated heterocycles. The van der Waals surface area contributed by atoms with E-state index in [1.54, 1.807) is 0 Å². The summed E-state index contributed by atoms with van der Waals surface area (Å²) in [4.78, 5) is 0. The lowest BCUT2D eigenvalue weighted by Crippen LogP contribution is -2.13. The van der Waals surface area contributed by atoms with Crippen molar-refractivity contribution in [3.05, 3.63) is 23.2 Å². The zero-order chi connectivity index (χ0) is 12.8. The fraction of sp³-hybridized carbons (Fsp3) is 0.733. The highest BCUT2D eigenvalue weighted by molar-refractivity contribution is 5.20. The van der Waals surface area contributed by atoms with E-state index >= 15 is 0 Å². The summed E-state index contributed by atoms with van der Waals surface area (Å²) < 4.78 is 11.5. The van der Waals surface area contributed by atoms with Crippen LogP contribution < -0.4 is 5.32 Å². The van der Waals surface area contributed by atoms with Crippen molar-refractivity contribution in [3.8, 4) is 0 Å². The molecule has 1 aromatic rings. The molecule has 0 radical (unpaired) electrons. The molecular formula is C15H25NO2. The number of ether oxygens (including phenoxy) is 1. The lowest BCUT2D eigenvalue weighted by molar-refractivity contribution is 0.0634. The molecule has 3 heteroatoms. The lowest BCUT2D eigenvalue weighted by atomic mass is 9.90. The molecule has 0 aromatic carbocycles. The van der Waals surface area contributed by atoms with E-state index in [2.05, 4.69) is 11.4 Å². The fourth-order valence-corrected chi connectivity index (χ4v) is 2.70. The van der Waals surface area contributed by atoms with Gasteiger partial charge in [0.2, 0.25) is 0 Å². The van der Waals surface area contributed by atoms with Gasteiger partial charge in [0.25, 0.3) is 0 Å². The zero-order valence-electron chi connectivity index (χ0n) is 11.6. The van der Waals surface area contributed by atoms with E-state index in [0.717, 1.165) is 30.6 Å². The summed E-state index contributed by atoms with van der Waals surface area (Å²) in [5.41, 5.74) is 1.23. The van der Waals surface area contributed by atoms with Crippen molar-refractivity contribution in [1.29, 1.82) is 0 Å². The van der Waals surface area contributed by atoms with E-state index in [1.807, 2.05) is 14.0 Å². The van der Waals surface area contributed by atoms with Crippen LogP contribution in [0.4, 0.5) is 0 Å². The first kappa shape index (κ1) is 13.6. The van der Waals surface area contributed by atoms with Crippen LogP contribution in [0.15, 0.2) is 10.5 Å². The van der Waals surface area contributed by atoms with Gasteiger partial charge in [-0.05, 0) is 38.8 Å². The minimum Gasteiger partial charge on any atom is -0.464 e. The van der Waals surface area contributed by atoms with Gasteiger partial charge < -0.3 is 14.5 Å². The Hall–Kier alpha value is -0.800. The molecule has 102 valence electrons. The van der Waals surface area contributed by atoms with E-state index < -0.39 is 0 Å². The van der Waals surface area contributed by atoms with Crippen molar-refractivity contribution in [2.75, 3.05) is 13.7 Å². The first-order valence-corrected chi connectivity index (χ1v) is 7.10. The van der Waals surface area contributed by atoms with Gasteiger partial charge in [0.1, 0.15) is 18.1 Å². The Bertz CT molecular complexity index is 353. The van der Waals surface area contributed by atoms with Gasteiger partial charge in [-0.3, -0.25) is 0 Å². The van der Waals surface area contributed by atoms with Crippen LogP contribution >= 0.6 is 0 Å². The molecule has 0 atom stereocenters. The molecule has 18 heavy (non-hydrogen) atoms. The quantitative estimate of drug-likeness (QED) is 0.841. The van der Waals surface area contributed by atoms with Crippen molar-refractivity contribution >= 4 is 0 Å². The number of aryl methyl sites for hydroxylation is 1. The first-order valence-electron chi connectivity index (χ1n) is 7.10. The topological polar surface area (TPSA) is 34.4 Å². The van der Waals surface area contributed by atoms with Gasteiger partial charge in [-0.2, -0.15) is 0 Å². The minimum absolute atomic E-state index is 0.612. The highest BCUT2D eigenvalue weighted by atomic mass is 16.5. The summed E-state index contributed by atoms with van der Waals surface area (Å²) in [6, 6.07) is 2.10. The SMILES string of the molecule is CNCc1cc(COCC2CCCCC2)oc1C. The van der Waals surface area contributed by atoms with E-state index in [0.29, 0.717) is 6.61 Å². The van der Waals surface area contributed by atoms with Crippen LogP contribution in [-0.4, -0.2) is 13.7 Å². The number of furan rings is 1. The van der Waals surface area contributed by atoms with E-state index in [-0.39, 0.29) is 0 Å². The smallest absolute Gasteiger partial charge is 0.130 e. The summed E-state index contributed by atoms with van der Waals surface area (Å²) in [5.74, 6) is 2.72. The van der Waals surface area contributed by atoms with Crippen LogP contribution in [-0.2, 0) is 17.9 Å². The Labute approximate surface area is 110 Å². The summed E-state index contributed by atoms with van der Waals surface area (Å²) >= 11 is 0. The van der Waals surface area contributed by atoms with Crippen LogP contribution in [0.1, 0.15) is 49.2 Å². The van der Waals surface area contributed by atoms with Gasteiger partial charge in [0.05, 0.1) is 0 Å². The number of nitrogens with one attached hydrogen (secondary N) is 1. The molecule has 1 fully saturated rings. The van der Waals surface area contributed by atoms with E-state index in [1.165, 1.54) is 37.7 Å². The van der Waals surface area contributed by atoms with Crippen LogP contribution in [0, 0.1) is 12.8 Å². The molecule has 3 nitrogen and oxygen atoms in total. The molecule has 0 aliphatic heterocycles. The molecule has 1 aliphatic carbocycles. The molecular weight excluding hydrogens is 226 g/mol. The van der Waals surface area contributed by atoms with Crippen LogP contribution in [0.5, 0.6) is 0 Å². The third kappa shape index (κ3) is 3.85. The molecule has 1 aromatic heterocycles. The maximum Gasteiger partial charge on any atom is 0.130 e. The maximum atomic E-state index is 5.79. The first-order chi connectivity index (χ1) is 8.79. The van der Waals surface area contributed by atoms with Crippen molar-refractivity contribution in [3.63, 3.8) is 0 Å². The lowest BCUT2D eigenvalue weighted by Gasteiger charge is -2.20. The average molecular weight is 251 g/mol. The molecule has 1 aliphatic rings. The number of rotatable bonds is 6. The third-order valence-corrected chi connectivity index (χ3v) is 3.76. The molecule has 0 amide bonds. The Balaban J connectivity index is 1.73. The second-order valence-corrected chi connectivity index (χ2v) is 5.34. The minimum atomic E-state index is 0.612. The number of hydrogen-bond donors (Lipinski definition) is 1. The van der Waals surface area contributed by atoms with Crippen LogP contribution in [0.2, 0.25) is 0 Å². The number of hydrogen-bond acceptors (Lipinski definition) is 3. The Morgan fingerprint density at radius 2 is 2.11 bits per heavy atom. The van der Waals surface area contributed by atoms with Crippen molar-refractivity contribution in [2.24, 2.45) is 5.92 Å². The molecule has 0 spiro atoms. The Morgan fingerprint density at radius 1 is 1.33 bits per heavy atom. The molecule has 1 heterocycles. The standard InChI is InChI=1S/C15H25NO2/c1-12-14(9-16-2)8-15(18-12)11-17-10-13-6-4-3-5-7-13/h8,13,16H,3-7,9-11H2,1-2H3.